The van der Waals surface area contributed by atoms with E-state index < -0.39 is 61.2 Å². The number of hydrogen-bond acceptors (Lipinski definition) is 11. The predicted molar refractivity (Wildman–Crippen MR) is 147 cm³/mol. The number of anilines is 1. The minimum Gasteiger partial charge on any atom is -0.505 e. The minimum atomic E-state index is -4.74. The highest BCUT2D eigenvalue weighted by molar-refractivity contribution is 7.85. The van der Waals surface area contributed by atoms with Crippen molar-refractivity contribution in [3.05, 3.63) is 76.9 Å². The molecule has 0 aliphatic rings. The van der Waals surface area contributed by atoms with E-state index in [1.807, 2.05) is 0 Å². The second-order valence-corrected chi connectivity index (χ2v) is 10.1. The number of aryl methyl sites for hydroxylation is 1. The summed E-state index contributed by atoms with van der Waals surface area (Å²) >= 11 is 0. The number of azo groups is 2. The Morgan fingerprint density at radius 1 is 0.690 bits per heavy atom. The smallest absolute Gasteiger partial charge is 0.338 e. The third-order valence-corrected chi connectivity index (χ3v) is 6.75. The zero-order valence-electron chi connectivity index (χ0n) is 21.2. The van der Waals surface area contributed by atoms with Crippen molar-refractivity contribution >= 4 is 67.2 Å². The van der Waals surface area contributed by atoms with Gasteiger partial charge in [-0.25, -0.2) is 14.4 Å². The zero-order valence-corrected chi connectivity index (χ0v) is 22.1. The molecule has 214 valence electrons. The van der Waals surface area contributed by atoms with Gasteiger partial charge in [0.25, 0.3) is 10.1 Å². The number of nitrogen functional groups attached to an aromatic ring is 1. The standard InChI is InChI=1S/C26H19N5O10S/c1-11-2-6-19(15(8-11)24(33)34)28-30-21-14-10-17(26(37)38)22(23(32)13(14)4-5-18(21)27)31-29-20-7-3-12(42(39,40)41)9-16(20)25(35)36/h2-10,32H,27H2,1H3,(H,33,34)(H,35,36)(H,37,38)(H,39,40,41). The van der Waals surface area contributed by atoms with Gasteiger partial charge in [-0.1, -0.05) is 11.6 Å². The van der Waals surface area contributed by atoms with Crippen LogP contribution in [0.5, 0.6) is 5.75 Å². The van der Waals surface area contributed by atoms with Crippen molar-refractivity contribution in [2.24, 2.45) is 20.5 Å². The van der Waals surface area contributed by atoms with Crippen LogP contribution in [0.2, 0.25) is 0 Å². The van der Waals surface area contributed by atoms with Crippen LogP contribution < -0.4 is 5.73 Å². The maximum atomic E-state index is 12.1. The maximum absolute atomic E-state index is 12.1. The van der Waals surface area contributed by atoms with Gasteiger partial charge in [0.05, 0.1) is 27.3 Å². The Balaban J connectivity index is 1.89. The van der Waals surface area contributed by atoms with E-state index in [0.717, 1.165) is 18.2 Å². The van der Waals surface area contributed by atoms with Gasteiger partial charge in [-0.05, 0) is 55.5 Å². The van der Waals surface area contributed by atoms with Gasteiger partial charge in [-0.3, -0.25) is 4.55 Å². The van der Waals surface area contributed by atoms with Gasteiger partial charge in [0, 0.05) is 10.8 Å². The number of phenols is 1. The molecule has 4 rings (SSSR count). The highest BCUT2D eigenvalue weighted by Gasteiger charge is 2.22. The average Bonchev–Trinajstić information content (AvgIpc) is 2.91. The Morgan fingerprint density at radius 2 is 1.24 bits per heavy atom. The predicted octanol–water partition coefficient (Wildman–Crippen LogP) is 5.61. The van der Waals surface area contributed by atoms with Crippen molar-refractivity contribution in [1.82, 2.24) is 0 Å². The number of fused-ring (bicyclic) bond motifs is 1. The van der Waals surface area contributed by atoms with Crippen LogP contribution in [0.15, 0.2) is 79.9 Å². The molecule has 16 heteroatoms. The molecule has 4 aromatic rings. The van der Waals surface area contributed by atoms with E-state index in [1.165, 1.54) is 24.3 Å². The van der Waals surface area contributed by atoms with Crippen LogP contribution in [-0.4, -0.2) is 51.3 Å². The molecule has 0 heterocycles. The van der Waals surface area contributed by atoms with Gasteiger partial charge in [0.1, 0.15) is 22.7 Å². The number of phenolic OH excluding ortho intramolecular Hbond substituents is 1. The van der Waals surface area contributed by atoms with E-state index in [9.17, 15) is 47.8 Å². The van der Waals surface area contributed by atoms with Crippen LogP contribution in [0.4, 0.5) is 28.4 Å². The number of carboxylic acids is 3. The summed E-state index contributed by atoms with van der Waals surface area (Å²) < 4.78 is 32.0. The SMILES string of the molecule is Cc1ccc(N=Nc2c(N)ccc3c(O)c(N=Nc4ccc(S(=O)(=O)O)cc4C(=O)O)c(C(=O)O)cc23)c(C(=O)O)c1. The first-order valence-electron chi connectivity index (χ1n) is 11.5. The lowest BCUT2D eigenvalue weighted by Crippen LogP contribution is -2.03. The van der Waals surface area contributed by atoms with Crippen molar-refractivity contribution in [3.63, 3.8) is 0 Å². The van der Waals surface area contributed by atoms with Crippen molar-refractivity contribution < 1.29 is 47.8 Å². The van der Waals surface area contributed by atoms with E-state index in [2.05, 4.69) is 20.5 Å². The molecule has 15 nitrogen and oxygen atoms in total. The van der Waals surface area contributed by atoms with Gasteiger partial charge in [-0.15, -0.1) is 20.5 Å². The van der Waals surface area contributed by atoms with Gasteiger partial charge >= 0.3 is 17.9 Å². The number of nitrogens with two attached hydrogens (primary N) is 1. The normalized spacial score (nSPS) is 11.9. The summed E-state index contributed by atoms with van der Waals surface area (Å²) in [5, 5.41) is 55.3. The second kappa shape index (κ2) is 11.0. The molecule has 0 atom stereocenters. The van der Waals surface area contributed by atoms with E-state index in [4.69, 9.17) is 5.73 Å². The monoisotopic (exact) mass is 593 g/mol. The van der Waals surface area contributed by atoms with Gasteiger partial charge < -0.3 is 26.2 Å². The van der Waals surface area contributed by atoms with E-state index >= 15 is 0 Å². The Morgan fingerprint density at radius 3 is 1.81 bits per heavy atom. The van der Waals surface area contributed by atoms with Gasteiger partial charge in [0.15, 0.2) is 5.75 Å². The molecular formula is C26H19N5O10S. The average molecular weight is 594 g/mol. The van der Waals surface area contributed by atoms with Crippen LogP contribution >= 0.6 is 0 Å². The Bertz CT molecular complexity index is 1990. The highest BCUT2D eigenvalue weighted by atomic mass is 32.2. The largest absolute Gasteiger partial charge is 0.505 e. The number of aromatic carboxylic acids is 3. The second-order valence-electron chi connectivity index (χ2n) is 8.71. The van der Waals surface area contributed by atoms with Crippen LogP contribution in [0.1, 0.15) is 36.6 Å². The topological polar surface area (TPSA) is 262 Å². The number of rotatable bonds is 8. The zero-order chi connectivity index (χ0) is 30.9. The number of hydrogen-bond donors (Lipinski definition) is 6. The first-order valence-corrected chi connectivity index (χ1v) is 13.0. The summed E-state index contributed by atoms with van der Waals surface area (Å²) in [7, 11) is -4.74. The molecule has 0 unspecified atom stereocenters. The van der Waals surface area contributed by atoms with Crippen molar-refractivity contribution in [3.8, 4) is 5.75 Å². The molecule has 0 aromatic heterocycles. The molecule has 0 fully saturated rings. The lowest BCUT2D eigenvalue weighted by molar-refractivity contribution is 0.0686. The van der Waals surface area contributed by atoms with Crippen LogP contribution in [-0.2, 0) is 10.1 Å². The third-order valence-electron chi connectivity index (χ3n) is 5.90. The first kappa shape index (κ1) is 29.2. The summed E-state index contributed by atoms with van der Waals surface area (Å²) in [6, 6.07) is 10.6. The fourth-order valence-electron chi connectivity index (χ4n) is 3.87. The Kier molecular flexibility index (Phi) is 7.68. The molecule has 0 saturated heterocycles. The summed E-state index contributed by atoms with van der Waals surface area (Å²) in [6.07, 6.45) is 0. The molecule has 42 heavy (non-hydrogen) atoms. The molecule has 4 aromatic carbocycles. The fraction of sp³-hybridized carbons (Fsp3) is 0.0385. The maximum Gasteiger partial charge on any atom is 0.338 e. The molecule has 7 N–H and O–H groups in total. The number of carboxylic acid groups (broad SMARTS) is 3. The lowest BCUT2D eigenvalue weighted by atomic mass is 10.0. The van der Waals surface area contributed by atoms with Gasteiger partial charge in [-0.2, -0.15) is 8.42 Å². The minimum absolute atomic E-state index is 0.000330. The molecule has 0 saturated carbocycles. The van der Waals surface area contributed by atoms with E-state index in [-0.39, 0.29) is 33.4 Å². The summed E-state index contributed by atoms with van der Waals surface area (Å²) in [5.41, 5.74) is 4.23. The van der Waals surface area contributed by atoms with Crippen molar-refractivity contribution in [1.29, 1.82) is 0 Å². The highest BCUT2D eigenvalue weighted by Crippen LogP contribution is 2.44. The number of carbonyl (C=O) groups is 3. The first-order chi connectivity index (χ1) is 19.7. The van der Waals surface area contributed by atoms with Crippen molar-refractivity contribution in [2.45, 2.75) is 11.8 Å². The molecule has 0 bridgehead atoms. The summed E-state index contributed by atoms with van der Waals surface area (Å²) in [6.45, 7) is 1.69. The molecule has 0 radical (unpaired) electrons. The molecule has 0 aliphatic carbocycles. The van der Waals surface area contributed by atoms with Crippen LogP contribution in [0.25, 0.3) is 10.8 Å². The fourth-order valence-corrected chi connectivity index (χ4v) is 4.38. The van der Waals surface area contributed by atoms with Crippen LogP contribution in [0.3, 0.4) is 0 Å². The lowest BCUT2D eigenvalue weighted by Gasteiger charge is -2.11. The van der Waals surface area contributed by atoms with E-state index in [0.29, 0.717) is 11.6 Å². The number of nitrogens with zero attached hydrogens (tertiary/aromatic N) is 4. The molecular weight excluding hydrogens is 574 g/mol. The third kappa shape index (κ3) is 5.74. The molecule has 0 aliphatic heterocycles. The number of aromatic hydroxyl groups is 1. The Labute approximate surface area is 235 Å². The van der Waals surface area contributed by atoms with E-state index in [1.54, 1.807) is 13.0 Å². The Hall–Kier alpha value is -5.74. The summed E-state index contributed by atoms with van der Waals surface area (Å²) in [5.74, 6) is -5.14. The van der Waals surface area contributed by atoms with Crippen LogP contribution in [0, 0.1) is 6.92 Å². The van der Waals surface area contributed by atoms with Crippen molar-refractivity contribution in [2.75, 3.05) is 5.73 Å². The summed E-state index contributed by atoms with van der Waals surface area (Å²) in [4.78, 5) is 34.7. The molecule has 0 amide bonds. The van der Waals surface area contributed by atoms with Gasteiger partial charge in [0.2, 0.25) is 0 Å². The molecule has 0 spiro atoms. The number of benzene rings is 4. The quantitative estimate of drug-likeness (QED) is 0.0830.